The van der Waals surface area contributed by atoms with E-state index < -0.39 is 16.1 Å². The molecule has 3 rings (SSSR count). The van der Waals surface area contributed by atoms with Crippen molar-refractivity contribution in [1.29, 1.82) is 0 Å². The number of rotatable bonds is 6. The van der Waals surface area contributed by atoms with Gasteiger partial charge in [-0.05, 0) is 51.7 Å². The molecule has 1 saturated heterocycles. The second kappa shape index (κ2) is 8.93. The van der Waals surface area contributed by atoms with Crippen molar-refractivity contribution >= 4 is 27.5 Å². The van der Waals surface area contributed by atoms with E-state index in [-0.39, 0.29) is 29.2 Å². The zero-order valence-corrected chi connectivity index (χ0v) is 18.9. The van der Waals surface area contributed by atoms with Gasteiger partial charge in [-0.15, -0.1) is 0 Å². The quantitative estimate of drug-likeness (QED) is 0.737. The van der Waals surface area contributed by atoms with Gasteiger partial charge in [-0.1, -0.05) is 6.92 Å². The van der Waals surface area contributed by atoms with E-state index in [0.717, 1.165) is 0 Å². The average Bonchev–Trinajstić information content (AvgIpc) is 2.73. The Balaban J connectivity index is 1.88. The van der Waals surface area contributed by atoms with E-state index in [4.69, 9.17) is 4.74 Å². The van der Waals surface area contributed by atoms with Crippen LogP contribution in [0.1, 0.15) is 45.6 Å². The van der Waals surface area contributed by atoms with Crippen LogP contribution < -0.4 is 10.1 Å². The first-order valence-corrected chi connectivity index (χ1v) is 12.1. The highest BCUT2D eigenvalue weighted by atomic mass is 32.2. The molecule has 0 aromatic heterocycles. The molecule has 2 heterocycles. The molecule has 2 amide bonds. The van der Waals surface area contributed by atoms with Gasteiger partial charge in [-0.25, -0.2) is 8.42 Å². The van der Waals surface area contributed by atoms with Crippen LogP contribution in [0.4, 0.5) is 5.69 Å². The highest BCUT2D eigenvalue weighted by molar-refractivity contribution is 7.89. The summed E-state index contributed by atoms with van der Waals surface area (Å²) in [7, 11) is -3.80. The molecule has 0 bridgehead atoms. The molecular formula is C21H31N3O5S. The smallest absolute Gasteiger partial charge is 0.265 e. The number of hydrogen-bond acceptors (Lipinski definition) is 5. The van der Waals surface area contributed by atoms with Gasteiger partial charge in [0.1, 0.15) is 5.75 Å². The topological polar surface area (TPSA) is 96.0 Å². The highest BCUT2D eigenvalue weighted by Crippen LogP contribution is 2.36. The van der Waals surface area contributed by atoms with Crippen molar-refractivity contribution in [1.82, 2.24) is 9.21 Å². The second-order valence-corrected chi connectivity index (χ2v) is 9.74. The van der Waals surface area contributed by atoms with Gasteiger partial charge in [0.05, 0.1) is 16.5 Å². The second-order valence-electron chi connectivity index (χ2n) is 7.83. The number of benzene rings is 1. The molecule has 1 aromatic rings. The number of aryl methyl sites for hydroxylation is 1. The van der Waals surface area contributed by atoms with Gasteiger partial charge in [0.2, 0.25) is 15.9 Å². The fourth-order valence-electron chi connectivity index (χ4n) is 4.13. The van der Waals surface area contributed by atoms with Crippen LogP contribution in [0.3, 0.4) is 0 Å². The molecule has 1 aromatic carbocycles. The molecule has 30 heavy (non-hydrogen) atoms. The predicted molar refractivity (Wildman–Crippen MR) is 114 cm³/mol. The lowest BCUT2D eigenvalue weighted by atomic mass is 9.98. The van der Waals surface area contributed by atoms with Gasteiger partial charge in [0.25, 0.3) is 5.91 Å². The molecule has 0 radical (unpaired) electrons. The molecule has 2 atom stereocenters. The van der Waals surface area contributed by atoms with E-state index in [1.807, 2.05) is 20.8 Å². The van der Waals surface area contributed by atoms with Gasteiger partial charge in [-0.3, -0.25) is 9.59 Å². The Labute approximate surface area is 178 Å². The molecular weight excluding hydrogens is 406 g/mol. The van der Waals surface area contributed by atoms with Crippen LogP contribution in [0.25, 0.3) is 0 Å². The monoisotopic (exact) mass is 437 g/mol. The van der Waals surface area contributed by atoms with Crippen LogP contribution >= 0.6 is 0 Å². The van der Waals surface area contributed by atoms with E-state index >= 15 is 0 Å². The number of nitrogens with zero attached hydrogens (tertiary/aromatic N) is 2. The van der Waals surface area contributed by atoms with E-state index in [1.54, 1.807) is 17.9 Å². The number of nitrogens with one attached hydrogen (secondary N) is 1. The fraction of sp³-hybridized carbons (Fsp3) is 0.619. The maximum absolute atomic E-state index is 13.4. The number of carbonyl (C=O) groups excluding carboxylic acids is 2. The van der Waals surface area contributed by atoms with E-state index in [0.29, 0.717) is 55.9 Å². The van der Waals surface area contributed by atoms with Crippen molar-refractivity contribution in [2.24, 2.45) is 5.92 Å². The van der Waals surface area contributed by atoms with Crippen LogP contribution in [0.5, 0.6) is 5.75 Å². The molecule has 0 unspecified atom stereocenters. The molecule has 2 aliphatic heterocycles. The van der Waals surface area contributed by atoms with Gasteiger partial charge >= 0.3 is 0 Å². The van der Waals surface area contributed by atoms with E-state index in [9.17, 15) is 18.0 Å². The number of hydrogen-bond donors (Lipinski definition) is 1. The SMILES string of the molecule is CC[C@@H]1Oc2cc(S(=O)(=O)N3CCC[C@H](C(=O)N(CC)CC)C3)c(C)cc2NC1=O. The number of ether oxygens (including phenoxy) is 1. The van der Waals surface area contributed by atoms with Crippen LogP contribution in [-0.4, -0.2) is 61.7 Å². The van der Waals surface area contributed by atoms with E-state index in [2.05, 4.69) is 5.32 Å². The van der Waals surface area contributed by atoms with Crippen LogP contribution in [0.15, 0.2) is 17.0 Å². The van der Waals surface area contributed by atoms with E-state index in [1.165, 1.54) is 10.4 Å². The summed E-state index contributed by atoms with van der Waals surface area (Å²) in [4.78, 5) is 26.7. The van der Waals surface area contributed by atoms with Crippen LogP contribution in [0.2, 0.25) is 0 Å². The maximum Gasteiger partial charge on any atom is 0.265 e. The van der Waals surface area contributed by atoms with Crippen molar-refractivity contribution in [3.63, 3.8) is 0 Å². The van der Waals surface area contributed by atoms with Crippen molar-refractivity contribution in [3.8, 4) is 5.75 Å². The maximum atomic E-state index is 13.4. The predicted octanol–water partition coefficient (Wildman–Crippen LogP) is 2.37. The molecule has 2 aliphatic rings. The standard InChI is InChI=1S/C21H31N3O5S/c1-5-17-20(25)22-16-11-14(4)19(12-18(16)29-17)30(27,28)24-10-8-9-15(13-24)21(26)23(6-2)7-3/h11-12,15,17H,5-10,13H2,1-4H3,(H,22,25)/t15-,17-/m0/s1. The first kappa shape index (κ1) is 22.6. The number of piperidine rings is 1. The lowest BCUT2D eigenvalue weighted by molar-refractivity contribution is -0.136. The molecule has 0 spiro atoms. The summed E-state index contributed by atoms with van der Waals surface area (Å²) in [6, 6.07) is 3.13. The molecule has 166 valence electrons. The first-order chi connectivity index (χ1) is 14.2. The highest BCUT2D eigenvalue weighted by Gasteiger charge is 2.36. The Morgan fingerprint density at radius 2 is 1.97 bits per heavy atom. The number of amides is 2. The number of anilines is 1. The molecule has 1 fully saturated rings. The fourth-order valence-corrected chi connectivity index (χ4v) is 5.87. The van der Waals surface area contributed by atoms with Crippen molar-refractivity contribution in [2.45, 2.75) is 58.0 Å². The third kappa shape index (κ3) is 4.18. The van der Waals surface area contributed by atoms with Gasteiger partial charge in [-0.2, -0.15) is 4.31 Å². The van der Waals surface area contributed by atoms with Crippen LogP contribution in [-0.2, 0) is 19.6 Å². The largest absolute Gasteiger partial charge is 0.478 e. The van der Waals surface area contributed by atoms with Crippen LogP contribution in [0, 0.1) is 12.8 Å². The molecule has 0 aliphatic carbocycles. The number of fused-ring (bicyclic) bond motifs is 1. The third-order valence-corrected chi connectivity index (χ3v) is 7.90. The van der Waals surface area contributed by atoms with Gasteiger partial charge in [0, 0.05) is 32.2 Å². The summed E-state index contributed by atoms with van der Waals surface area (Å²) < 4.78 is 34.0. The Hall–Kier alpha value is -2.13. The minimum absolute atomic E-state index is 0.0129. The van der Waals surface area contributed by atoms with Crippen molar-refractivity contribution < 1.29 is 22.7 Å². The van der Waals surface area contributed by atoms with Gasteiger partial charge in [0.15, 0.2) is 6.10 Å². The summed E-state index contributed by atoms with van der Waals surface area (Å²) in [5.74, 6) is -0.183. The molecule has 0 saturated carbocycles. The molecule has 9 heteroatoms. The summed E-state index contributed by atoms with van der Waals surface area (Å²) >= 11 is 0. The Kier molecular flexibility index (Phi) is 6.71. The Morgan fingerprint density at radius 1 is 1.27 bits per heavy atom. The lowest BCUT2D eigenvalue weighted by Gasteiger charge is -2.34. The Bertz CT molecular complexity index is 927. The normalized spacial score (nSPS) is 22.1. The minimum Gasteiger partial charge on any atom is -0.478 e. The van der Waals surface area contributed by atoms with Crippen molar-refractivity contribution in [3.05, 3.63) is 17.7 Å². The first-order valence-electron chi connectivity index (χ1n) is 10.6. The minimum atomic E-state index is -3.80. The lowest BCUT2D eigenvalue weighted by Crippen LogP contribution is -2.46. The number of carbonyl (C=O) groups is 2. The molecule has 1 N–H and O–H groups in total. The number of sulfonamides is 1. The summed E-state index contributed by atoms with van der Waals surface area (Å²) in [5.41, 5.74) is 1.01. The molecule has 8 nitrogen and oxygen atoms in total. The van der Waals surface area contributed by atoms with Crippen molar-refractivity contribution in [2.75, 3.05) is 31.5 Å². The Morgan fingerprint density at radius 3 is 2.60 bits per heavy atom. The average molecular weight is 438 g/mol. The zero-order valence-electron chi connectivity index (χ0n) is 18.1. The zero-order chi connectivity index (χ0) is 22.1. The summed E-state index contributed by atoms with van der Waals surface area (Å²) in [5, 5.41) is 2.78. The summed E-state index contributed by atoms with van der Waals surface area (Å²) in [6.45, 7) is 9.19. The summed E-state index contributed by atoms with van der Waals surface area (Å²) in [6.07, 6.45) is 1.19. The van der Waals surface area contributed by atoms with Gasteiger partial charge < -0.3 is 15.0 Å². The third-order valence-electron chi connectivity index (χ3n) is 5.89.